The van der Waals surface area contributed by atoms with Gasteiger partial charge in [0.2, 0.25) is 5.82 Å². The monoisotopic (exact) mass is 468 g/mol. The van der Waals surface area contributed by atoms with Crippen molar-refractivity contribution in [1.29, 1.82) is 0 Å². The Morgan fingerprint density at radius 1 is 0.722 bits per heavy atom. The molecule has 5 heterocycles. The van der Waals surface area contributed by atoms with E-state index in [0.29, 0.717) is 18.1 Å². The lowest BCUT2D eigenvalue weighted by Crippen LogP contribution is -2.03. The van der Waals surface area contributed by atoms with Crippen LogP contribution < -0.4 is 0 Å². The van der Waals surface area contributed by atoms with E-state index in [-0.39, 0.29) is 0 Å². The third-order valence-corrected chi connectivity index (χ3v) is 6.28. The predicted molar refractivity (Wildman–Crippen MR) is 138 cm³/mol. The molecular weight excluding hydrogens is 448 g/mol. The van der Waals surface area contributed by atoms with Crippen LogP contribution >= 0.6 is 0 Å². The predicted octanol–water partition coefficient (Wildman–Crippen LogP) is 6.12. The Morgan fingerprint density at radius 3 is 2.22 bits per heavy atom. The van der Waals surface area contributed by atoms with Crippen LogP contribution in [0.2, 0.25) is 0 Å². The molecule has 36 heavy (non-hydrogen) atoms. The van der Waals surface area contributed by atoms with Gasteiger partial charge in [0.25, 0.3) is 0 Å². The second-order valence-corrected chi connectivity index (χ2v) is 8.48. The quantitative estimate of drug-likeness (QED) is 0.304. The summed E-state index contributed by atoms with van der Waals surface area (Å²) in [5.74, 6) is 1.41. The molecule has 2 aromatic carbocycles. The van der Waals surface area contributed by atoms with Gasteiger partial charge in [0.1, 0.15) is 23.4 Å². The molecule has 0 amide bonds. The zero-order valence-electron chi connectivity index (χ0n) is 19.2. The van der Waals surface area contributed by atoms with E-state index in [1.165, 1.54) is 0 Å². The van der Waals surface area contributed by atoms with Gasteiger partial charge in [0.05, 0.1) is 23.9 Å². The van der Waals surface area contributed by atoms with Crippen LogP contribution in [0.1, 0.15) is 5.76 Å². The molecule has 0 spiro atoms. The van der Waals surface area contributed by atoms with Crippen LogP contribution in [0.25, 0.3) is 50.6 Å². The molecule has 0 aliphatic rings. The van der Waals surface area contributed by atoms with E-state index in [0.717, 1.165) is 44.8 Å². The van der Waals surface area contributed by atoms with Crippen LogP contribution in [0.5, 0.6) is 0 Å². The van der Waals surface area contributed by atoms with Crippen LogP contribution in [-0.4, -0.2) is 29.1 Å². The molecule has 7 rings (SSSR count). The second kappa shape index (κ2) is 8.32. The van der Waals surface area contributed by atoms with Gasteiger partial charge >= 0.3 is 0 Å². The van der Waals surface area contributed by atoms with Crippen molar-refractivity contribution in [1.82, 2.24) is 29.1 Å². The first-order valence-corrected chi connectivity index (χ1v) is 11.7. The van der Waals surface area contributed by atoms with Gasteiger partial charge in [-0.1, -0.05) is 66.7 Å². The van der Waals surface area contributed by atoms with Gasteiger partial charge in [-0.15, -0.1) is 5.10 Å². The molecule has 7 heteroatoms. The van der Waals surface area contributed by atoms with Gasteiger partial charge in [0.15, 0.2) is 5.65 Å². The maximum Gasteiger partial charge on any atom is 0.200 e. The highest BCUT2D eigenvalue weighted by Gasteiger charge is 2.25. The van der Waals surface area contributed by atoms with Crippen LogP contribution in [0.3, 0.4) is 0 Å². The molecule has 172 valence electrons. The number of benzene rings is 2. The molecule has 0 unspecified atom stereocenters. The standard InChI is InChI=1S/C29H20N6O/c1-3-10-20(11-4-1)24-25-28(31-19-35-29(25)32-27(33-35)23-15-7-8-16-30-23)34(18-22-14-9-17-36-22)26(24)21-12-5-2-6-13-21/h1-17,19H,18H2. The highest BCUT2D eigenvalue weighted by molar-refractivity contribution is 6.09. The molecule has 0 N–H and O–H groups in total. The summed E-state index contributed by atoms with van der Waals surface area (Å²) in [5, 5.41) is 5.64. The summed E-state index contributed by atoms with van der Waals surface area (Å²) in [6.45, 7) is 0.533. The summed E-state index contributed by atoms with van der Waals surface area (Å²) < 4.78 is 9.70. The van der Waals surface area contributed by atoms with Crippen molar-refractivity contribution in [3.8, 4) is 33.9 Å². The SMILES string of the molecule is c1ccc(-c2c(-c3ccccc3)n(Cc3ccco3)c3ncn4nc(-c5ccccn5)nc4c23)cc1. The van der Waals surface area contributed by atoms with Crippen molar-refractivity contribution in [3.63, 3.8) is 0 Å². The van der Waals surface area contributed by atoms with Crippen molar-refractivity contribution in [2.45, 2.75) is 6.54 Å². The van der Waals surface area contributed by atoms with Crippen LogP contribution in [0, 0.1) is 0 Å². The van der Waals surface area contributed by atoms with E-state index in [1.807, 2.05) is 42.5 Å². The van der Waals surface area contributed by atoms with E-state index in [4.69, 9.17) is 19.5 Å². The molecule has 7 aromatic rings. The summed E-state index contributed by atoms with van der Waals surface area (Å²) >= 11 is 0. The summed E-state index contributed by atoms with van der Waals surface area (Å²) in [7, 11) is 0. The number of pyridine rings is 1. The minimum atomic E-state index is 0.533. The smallest absolute Gasteiger partial charge is 0.200 e. The molecule has 0 bridgehead atoms. The Balaban J connectivity index is 1.61. The normalized spacial score (nSPS) is 11.4. The van der Waals surface area contributed by atoms with Gasteiger partial charge in [0, 0.05) is 11.8 Å². The summed E-state index contributed by atoms with van der Waals surface area (Å²) in [5.41, 5.74) is 6.54. The van der Waals surface area contributed by atoms with Crippen molar-refractivity contribution >= 4 is 16.7 Å². The van der Waals surface area contributed by atoms with Crippen molar-refractivity contribution < 1.29 is 4.42 Å². The van der Waals surface area contributed by atoms with Crippen LogP contribution in [0.15, 0.2) is 114 Å². The van der Waals surface area contributed by atoms with Crippen LogP contribution in [-0.2, 0) is 6.54 Å². The Morgan fingerprint density at radius 2 is 1.50 bits per heavy atom. The molecule has 0 saturated carbocycles. The molecule has 0 radical (unpaired) electrons. The van der Waals surface area contributed by atoms with E-state index < -0.39 is 0 Å². The lowest BCUT2D eigenvalue weighted by molar-refractivity contribution is 0.497. The number of rotatable bonds is 5. The summed E-state index contributed by atoms with van der Waals surface area (Å²) in [6.07, 6.45) is 5.17. The van der Waals surface area contributed by atoms with Gasteiger partial charge in [-0.2, -0.15) is 0 Å². The average molecular weight is 469 g/mol. The Bertz CT molecular complexity index is 1790. The highest BCUT2D eigenvalue weighted by atomic mass is 16.3. The number of furan rings is 1. The first-order valence-electron chi connectivity index (χ1n) is 11.7. The number of fused-ring (bicyclic) bond motifs is 3. The van der Waals surface area contributed by atoms with Crippen molar-refractivity contribution in [2.75, 3.05) is 0 Å². The Kier molecular flexibility index (Phi) is 4.70. The molecule has 7 nitrogen and oxygen atoms in total. The lowest BCUT2D eigenvalue weighted by atomic mass is 9.99. The number of hydrogen-bond acceptors (Lipinski definition) is 5. The molecular formula is C29H20N6O. The van der Waals surface area contributed by atoms with E-state index in [2.05, 4.69) is 58.1 Å². The first kappa shape index (κ1) is 20.3. The number of aromatic nitrogens is 6. The Hall–Kier alpha value is -5.04. The molecule has 5 aromatic heterocycles. The average Bonchev–Trinajstić information content (AvgIpc) is 3.68. The van der Waals surface area contributed by atoms with Gasteiger partial charge in [-0.25, -0.2) is 14.5 Å². The molecule has 0 aliphatic carbocycles. The molecule has 0 aliphatic heterocycles. The maximum atomic E-state index is 5.75. The topological polar surface area (TPSA) is 74.0 Å². The molecule has 0 fully saturated rings. The van der Waals surface area contributed by atoms with E-state index in [9.17, 15) is 0 Å². The van der Waals surface area contributed by atoms with Crippen LogP contribution in [0.4, 0.5) is 0 Å². The van der Waals surface area contributed by atoms with Crippen molar-refractivity contribution in [2.24, 2.45) is 0 Å². The first-order chi connectivity index (χ1) is 17.9. The summed E-state index contributed by atoms with van der Waals surface area (Å²) in [4.78, 5) is 14.3. The minimum absolute atomic E-state index is 0.533. The highest BCUT2D eigenvalue weighted by Crippen LogP contribution is 2.42. The third kappa shape index (κ3) is 3.29. The zero-order chi connectivity index (χ0) is 23.9. The second-order valence-electron chi connectivity index (χ2n) is 8.48. The van der Waals surface area contributed by atoms with E-state index in [1.54, 1.807) is 23.3 Å². The van der Waals surface area contributed by atoms with Gasteiger partial charge in [-0.3, -0.25) is 4.98 Å². The molecule has 0 atom stereocenters. The fourth-order valence-corrected chi connectivity index (χ4v) is 4.73. The fraction of sp³-hybridized carbons (Fsp3) is 0.0345. The van der Waals surface area contributed by atoms with E-state index >= 15 is 0 Å². The van der Waals surface area contributed by atoms with Gasteiger partial charge in [-0.05, 0) is 35.4 Å². The third-order valence-electron chi connectivity index (χ3n) is 6.28. The summed E-state index contributed by atoms with van der Waals surface area (Å²) in [6, 6.07) is 30.4. The lowest BCUT2D eigenvalue weighted by Gasteiger charge is -2.11. The zero-order valence-corrected chi connectivity index (χ0v) is 19.2. The fourth-order valence-electron chi connectivity index (χ4n) is 4.73. The largest absolute Gasteiger partial charge is 0.467 e. The van der Waals surface area contributed by atoms with Crippen molar-refractivity contribution in [3.05, 3.63) is 116 Å². The van der Waals surface area contributed by atoms with Gasteiger partial charge < -0.3 is 8.98 Å². The molecule has 0 saturated heterocycles. The maximum absolute atomic E-state index is 5.75. The number of hydrogen-bond donors (Lipinski definition) is 0. The number of nitrogens with zero attached hydrogens (tertiary/aromatic N) is 6. The Labute approximate surface area is 206 Å². The minimum Gasteiger partial charge on any atom is -0.467 e.